The summed E-state index contributed by atoms with van der Waals surface area (Å²) in [4.78, 5) is 24.8. The van der Waals surface area contributed by atoms with Crippen LogP contribution in [0, 0.1) is 0 Å². The standard InChI is InChI=1S/C12H12ClNO2/c1-8(15)14-6-5-12(16)9-3-2-4-11(13)10(9)7-14/h2-4H,5-7H2,1H3. The molecule has 3 nitrogen and oxygen atoms in total. The van der Waals surface area contributed by atoms with Crippen LogP contribution in [0.1, 0.15) is 29.3 Å². The van der Waals surface area contributed by atoms with E-state index in [1.807, 2.05) is 0 Å². The van der Waals surface area contributed by atoms with E-state index in [-0.39, 0.29) is 11.7 Å². The number of hydrogen-bond acceptors (Lipinski definition) is 2. The SMILES string of the molecule is CC(=O)N1CCC(=O)c2cccc(Cl)c2C1. The highest BCUT2D eigenvalue weighted by Crippen LogP contribution is 2.25. The third-order valence-corrected chi connectivity index (χ3v) is 3.18. The Balaban J connectivity index is 2.46. The van der Waals surface area contributed by atoms with Crippen molar-refractivity contribution in [3.63, 3.8) is 0 Å². The van der Waals surface area contributed by atoms with Gasteiger partial charge in [-0.05, 0) is 6.07 Å². The molecular formula is C12H12ClNO2. The summed E-state index contributed by atoms with van der Waals surface area (Å²) in [5.41, 5.74) is 1.41. The van der Waals surface area contributed by atoms with Gasteiger partial charge in [0.15, 0.2) is 5.78 Å². The summed E-state index contributed by atoms with van der Waals surface area (Å²) in [6.45, 7) is 2.40. The van der Waals surface area contributed by atoms with E-state index in [0.717, 1.165) is 5.56 Å². The summed E-state index contributed by atoms with van der Waals surface area (Å²) in [5.74, 6) is 0.0295. The van der Waals surface area contributed by atoms with Crippen LogP contribution in [0.4, 0.5) is 0 Å². The highest BCUT2D eigenvalue weighted by Gasteiger charge is 2.22. The van der Waals surface area contributed by atoms with Gasteiger partial charge >= 0.3 is 0 Å². The Hall–Kier alpha value is -1.35. The predicted molar refractivity (Wildman–Crippen MR) is 61.5 cm³/mol. The molecule has 1 amide bonds. The Bertz CT molecular complexity index is 456. The van der Waals surface area contributed by atoms with Gasteiger partial charge in [0, 0.05) is 42.6 Å². The molecule has 2 rings (SSSR count). The number of nitrogens with zero attached hydrogens (tertiary/aromatic N) is 1. The number of carbonyl (C=O) groups excluding carboxylic acids is 2. The smallest absolute Gasteiger partial charge is 0.219 e. The van der Waals surface area contributed by atoms with E-state index < -0.39 is 0 Å². The molecule has 0 saturated carbocycles. The highest BCUT2D eigenvalue weighted by molar-refractivity contribution is 6.32. The molecule has 84 valence electrons. The molecule has 0 fully saturated rings. The minimum Gasteiger partial charge on any atom is -0.338 e. The fraction of sp³-hybridized carbons (Fsp3) is 0.333. The van der Waals surface area contributed by atoms with E-state index in [1.54, 1.807) is 23.1 Å². The summed E-state index contributed by atoms with van der Waals surface area (Å²) >= 11 is 6.06. The van der Waals surface area contributed by atoms with Crippen LogP contribution in [0.3, 0.4) is 0 Å². The van der Waals surface area contributed by atoms with E-state index in [0.29, 0.717) is 30.1 Å². The molecule has 0 aromatic heterocycles. The number of benzene rings is 1. The summed E-state index contributed by atoms with van der Waals surface area (Å²) in [5, 5.41) is 0.555. The van der Waals surface area contributed by atoms with E-state index >= 15 is 0 Å². The number of rotatable bonds is 0. The van der Waals surface area contributed by atoms with E-state index in [1.165, 1.54) is 6.92 Å². The first kappa shape index (κ1) is 11.1. The summed E-state index contributed by atoms with van der Waals surface area (Å²) < 4.78 is 0. The number of carbonyl (C=O) groups is 2. The van der Waals surface area contributed by atoms with Gasteiger partial charge in [-0.2, -0.15) is 0 Å². The van der Waals surface area contributed by atoms with Crippen molar-refractivity contribution in [3.05, 3.63) is 34.3 Å². The molecule has 1 aromatic carbocycles. The van der Waals surface area contributed by atoms with Crippen molar-refractivity contribution in [2.75, 3.05) is 6.54 Å². The molecule has 0 radical (unpaired) electrons. The second-order valence-electron chi connectivity index (χ2n) is 3.88. The number of halogens is 1. The van der Waals surface area contributed by atoms with Gasteiger partial charge in [0.25, 0.3) is 0 Å². The molecule has 0 spiro atoms. The van der Waals surface area contributed by atoms with Crippen LogP contribution in [0.2, 0.25) is 5.02 Å². The number of Topliss-reactive ketones (excluding diaryl/α,β-unsaturated/α-hetero) is 1. The van der Waals surface area contributed by atoms with Crippen molar-refractivity contribution < 1.29 is 9.59 Å². The molecule has 1 aliphatic rings. The molecule has 0 aliphatic carbocycles. The van der Waals surface area contributed by atoms with Crippen LogP contribution in [-0.4, -0.2) is 23.1 Å². The fourth-order valence-electron chi connectivity index (χ4n) is 1.89. The normalized spacial score (nSPS) is 15.6. The zero-order valence-electron chi connectivity index (χ0n) is 9.00. The van der Waals surface area contributed by atoms with Crippen LogP contribution >= 0.6 is 11.6 Å². The average molecular weight is 238 g/mol. The van der Waals surface area contributed by atoms with E-state index in [9.17, 15) is 9.59 Å². The topological polar surface area (TPSA) is 37.4 Å². The maximum Gasteiger partial charge on any atom is 0.219 e. The van der Waals surface area contributed by atoms with Crippen molar-refractivity contribution in [1.29, 1.82) is 0 Å². The average Bonchev–Trinajstić information content (AvgIpc) is 2.40. The number of fused-ring (bicyclic) bond motifs is 1. The lowest BCUT2D eigenvalue weighted by atomic mass is 10.0. The maximum absolute atomic E-state index is 11.8. The second-order valence-corrected chi connectivity index (χ2v) is 4.29. The summed E-state index contributed by atoms with van der Waals surface area (Å²) in [6.07, 6.45) is 0.368. The summed E-state index contributed by atoms with van der Waals surface area (Å²) in [7, 11) is 0. The molecule has 1 heterocycles. The summed E-state index contributed by atoms with van der Waals surface area (Å²) in [6, 6.07) is 5.28. The van der Waals surface area contributed by atoms with Gasteiger partial charge in [-0.25, -0.2) is 0 Å². The van der Waals surface area contributed by atoms with Gasteiger partial charge in [0.2, 0.25) is 5.91 Å². The molecule has 1 aliphatic heterocycles. The Morgan fingerprint density at radius 1 is 1.44 bits per heavy atom. The van der Waals surface area contributed by atoms with Crippen molar-refractivity contribution in [2.45, 2.75) is 19.9 Å². The Labute approximate surface area is 99.0 Å². The van der Waals surface area contributed by atoms with Gasteiger partial charge in [0.05, 0.1) is 0 Å². The van der Waals surface area contributed by atoms with Crippen LogP contribution < -0.4 is 0 Å². The lowest BCUT2D eigenvalue weighted by molar-refractivity contribution is -0.129. The lowest BCUT2D eigenvalue weighted by Crippen LogP contribution is -2.28. The molecule has 0 atom stereocenters. The highest BCUT2D eigenvalue weighted by atomic mass is 35.5. The first-order valence-electron chi connectivity index (χ1n) is 5.15. The first-order chi connectivity index (χ1) is 7.59. The molecule has 0 saturated heterocycles. The number of ketones is 1. The first-order valence-corrected chi connectivity index (χ1v) is 5.53. The van der Waals surface area contributed by atoms with Crippen molar-refractivity contribution >= 4 is 23.3 Å². The van der Waals surface area contributed by atoms with Crippen LogP contribution in [0.15, 0.2) is 18.2 Å². The quantitative estimate of drug-likeness (QED) is 0.694. The Morgan fingerprint density at radius 2 is 2.19 bits per heavy atom. The monoisotopic (exact) mass is 237 g/mol. The second kappa shape index (κ2) is 4.26. The van der Waals surface area contributed by atoms with Crippen molar-refractivity contribution in [1.82, 2.24) is 4.90 Å². The maximum atomic E-state index is 11.8. The molecule has 1 aromatic rings. The predicted octanol–water partition coefficient (Wildman–Crippen LogP) is 2.27. The third kappa shape index (κ3) is 1.95. The van der Waals surface area contributed by atoms with Gasteiger partial charge in [-0.3, -0.25) is 9.59 Å². The minimum atomic E-state index is -0.0273. The number of hydrogen-bond donors (Lipinski definition) is 0. The fourth-order valence-corrected chi connectivity index (χ4v) is 2.12. The van der Waals surface area contributed by atoms with Gasteiger partial charge in [-0.1, -0.05) is 23.7 Å². The zero-order valence-corrected chi connectivity index (χ0v) is 9.75. The zero-order chi connectivity index (χ0) is 11.7. The molecule has 0 unspecified atom stereocenters. The van der Waals surface area contributed by atoms with E-state index in [2.05, 4.69) is 0 Å². The number of amides is 1. The van der Waals surface area contributed by atoms with E-state index in [4.69, 9.17) is 11.6 Å². The molecule has 0 N–H and O–H groups in total. The molecule has 0 bridgehead atoms. The molecule has 4 heteroatoms. The Kier molecular flexibility index (Phi) is 2.97. The molecule has 16 heavy (non-hydrogen) atoms. The van der Waals surface area contributed by atoms with Crippen molar-refractivity contribution in [2.24, 2.45) is 0 Å². The van der Waals surface area contributed by atoms with Gasteiger partial charge < -0.3 is 4.90 Å². The van der Waals surface area contributed by atoms with Crippen molar-refractivity contribution in [3.8, 4) is 0 Å². The molecular weight excluding hydrogens is 226 g/mol. The van der Waals surface area contributed by atoms with Crippen LogP contribution in [-0.2, 0) is 11.3 Å². The van der Waals surface area contributed by atoms with Crippen LogP contribution in [0.25, 0.3) is 0 Å². The largest absolute Gasteiger partial charge is 0.338 e. The Morgan fingerprint density at radius 3 is 2.88 bits per heavy atom. The third-order valence-electron chi connectivity index (χ3n) is 2.82. The van der Waals surface area contributed by atoms with Gasteiger partial charge in [0.1, 0.15) is 0 Å². The van der Waals surface area contributed by atoms with Crippen LogP contribution in [0.5, 0.6) is 0 Å². The van der Waals surface area contributed by atoms with Gasteiger partial charge in [-0.15, -0.1) is 0 Å². The lowest BCUT2D eigenvalue weighted by Gasteiger charge is -2.18. The minimum absolute atomic E-state index is 0.0273.